The Morgan fingerprint density at radius 1 is 1.15 bits per heavy atom. The van der Waals surface area contributed by atoms with Crippen molar-refractivity contribution in [1.82, 2.24) is 15.3 Å². The molecule has 0 aliphatic carbocycles. The van der Waals surface area contributed by atoms with Gasteiger partial charge in [-0.3, -0.25) is 15.0 Å². The molecule has 0 spiro atoms. The maximum absolute atomic E-state index is 12.4. The smallest absolute Gasteiger partial charge is 0.310 e. The first-order valence-electron chi connectivity index (χ1n) is 6.87. The topological polar surface area (TPSA) is 82.1 Å². The number of carbonyl (C=O) groups is 2. The minimum Gasteiger partial charge on any atom is -0.481 e. The Morgan fingerprint density at radius 2 is 1.75 bits per heavy atom. The summed E-state index contributed by atoms with van der Waals surface area (Å²) in [4.78, 5) is 25.9. The number of carboxylic acid groups (broad SMARTS) is 1. The molecule has 1 amide bonds. The number of piperazine rings is 1. The van der Waals surface area contributed by atoms with Crippen LogP contribution in [0.15, 0.2) is 12.2 Å². The lowest BCUT2D eigenvalue weighted by Crippen LogP contribution is -2.55. The van der Waals surface area contributed by atoms with Gasteiger partial charge < -0.3 is 14.7 Å². The Morgan fingerprint density at radius 3 is 2.35 bits per heavy atom. The van der Waals surface area contributed by atoms with E-state index in [4.69, 9.17) is 4.74 Å². The predicted molar refractivity (Wildman–Crippen MR) is 69.6 cm³/mol. The van der Waals surface area contributed by atoms with Gasteiger partial charge in [-0.1, -0.05) is 12.2 Å². The van der Waals surface area contributed by atoms with E-state index in [0.717, 1.165) is 26.2 Å². The first kappa shape index (κ1) is 13.5. The molecule has 3 heterocycles. The Bertz CT molecular complexity index is 445. The second kappa shape index (κ2) is 5.16. The monoisotopic (exact) mass is 281 g/mol. The number of nitrogens with zero attached hydrogens (tertiary/aromatic N) is 2. The normalized spacial score (nSPS) is 37.2. The van der Waals surface area contributed by atoms with Crippen molar-refractivity contribution in [3.05, 3.63) is 12.2 Å². The summed E-state index contributed by atoms with van der Waals surface area (Å²) in [5.74, 6) is -2.64. The van der Waals surface area contributed by atoms with E-state index in [2.05, 4.69) is 10.3 Å². The first-order chi connectivity index (χ1) is 9.56. The van der Waals surface area contributed by atoms with E-state index in [1.165, 1.54) is 0 Å². The van der Waals surface area contributed by atoms with Gasteiger partial charge in [0.2, 0.25) is 5.91 Å². The molecule has 3 aliphatic rings. The number of nitrogens with one attached hydrogen (secondary N) is 1. The molecule has 2 bridgehead atoms. The molecule has 4 unspecified atom stereocenters. The number of rotatable bonds is 3. The standard InChI is InChI=1S/C13H19N3O4/c1-15-4-6-16(7-5-15)14-12(17)10-8-2-3-9(20-8)11(10)13(18)19/h2-3,8-11H,4-7H2,1H3,(H,14,17)(H,18,19). The SMILES string of the molecule is CN1CCN(NC(=O)C2C3C=CC(O3)C2C(=O)O)CC1. The predicted octanol–water partition coefficient (Wildman–Crippen LogP) is -1.08. The van der Waals surface area contributed by atoms with E-state index in [1.54, 1.807) is 12.2 Å². The second-order valence-electron chi connectivity index (χ2n) is 5.61. The zero-order chi connectivity index (χ0) is 14.3. The largest absolute Gasteiger partial charge is 0.481 e. The van der Waals surface area contributed by atoms with Crippen LogP contribution >= 0.6 is 0 Å². The number of hydrogen-bond donors (Lipinski definition) is 2. The number of hydrogen-bond acceptors (Lipinski definition) is 5. The Balaban J connectivity index is 1.64. The summed E-state index contributed by atoms with van der Waals surface area (Å²) in [5.41, 5.74) is 2.84. The third-order valence-electron chi connectivity index (χ3n) is 4.26. The molecular weight excluding hydrogens is 262 g/mol. The molecule has 7 nitrogen and oxygen atoms in total. The van der Waals surface area contributed by atoms with Gasteiger partial charge in [-0.25, -0.2) is 5.01 Å². The number of carbonyl (C=O) groups excluding carboxylic acids is 1. The number of fused-ring (bicyclic) bond motifs is 2. The molecule has 2 saturated heterocycles. The number of amides is 1. The summed E-state index contributed by atoms with van der Waals surface area (Å²) >= 11 is 0. The Labute approximate surface area is 117 Å². The van der Waals surface area contributed by atoms with Crippen molar-refractivity contribution >= 4 is 11.9 Å². The molecule has 3 aliphatic heterocycles. The van der Waals surface area contributed by atoms with E-state index in [9.17, 15) is 14.7 Å². The van der Waals surface area contributed by atoms with Gasteiger partial charge in [0, 0.05) is 26.2 Å². The molecule has 2 N–H and O–H groups in total. The van der Waals surface area contributed by atoms with Gasteiger partial charge in [0.05, 0.1) is 18.1 Å². The van der Waals surface area contributed by atoms with Crippen molar-refractivity contribution in [3.63, 3.8) is 0 Å². The van der Waals surface area contributed by atoms with Crippen molar-refractivity contribution in [2.24, 2.45) is 11.8 Å². The molecule has 20 heavy (non-hydrogen) atoms. The van der Waals surface area contributed by atoms with Crippen LogP contribution in [0.4, 0.5) is 0 Å². The fourth-order valence-electron chi connectivity index (χ4n) is 3.06. The maximum atomic E-state index is 12.4. The third kappa shape index (κ3) is 2.32. The summed E-state index contributed by atoms with van der Waals surface area (Å²) in [5, 5.41) is 11.1. The third-order valence-corrected chi connectivity index (χ3v) is 4.26. The van der Waals surface area contributed by atoms with Crippen LogP contribution in [0.5, 0.6) is 0 Å². The van der Waals surface area contributed by atoms with Crippen LogP contribution < -0.4 is 5.43 Å². The summed E-state index contributed by atoms with van der Waals surface area (Å²) < 4.78 is 5.51. The Kier molecular flexibility index (Phi) is 3.49. The zero-order valence-electron chi connectivity index (χ0n) is 11.4. The van der Waals surface area contributed by atoms with E-state index >= 15 is 0 Å². The van der Waals surface area contributed by atoms with Gasteiger partial charge in [0.25, 0.3) is 0 Å². The van der Waals surface area contributed by atoms with E-state index in [1.807, 2.05) is 12.1 Å². The van der Waals surface area contributed by atoms with Gasteiger partial charge in [-0.2, -0.15) is 0 Å². The fourth-order valence-corrected chi connectivity index (χ4v) is 3.06. The van der Waals surface area contributed by atoms with Crippen LogP contribution in [0.3, 0.4) is 0 Å². The molecule has 0 aromatic rings. The van der Waals surface area contributed by atoms with Gasteiger partial charge in [0.15, 0.2) is 0 Å². The maximum Gasteiger partial charge on any atom is 0.310 e. The van der Waals surface area contributed by atoms with E-state index in [0.29, 0.717) is 0 Å². The van der Waals surface area contributed by atoms with Gasteiger partial charge in [-0.15, -0.1) is 0 Å². The zero-order valence-corrected chi connectivity index (χ0v) is 11.4. The number of aliphatic carboxylic acids is 1. The summed E-state index contributed by atoms with van der Waals surface area (Å²) in [7, 11) is 2.04. The average Bonchev–Trinajstić information content (AvgIpc) is 3.01. The molecule has 2 fully saturated rings. The van der Waals surface area contributed by atoms with Crippen LogP contribution in [0.2, 0.25) is 0 Å². The molecule has 4 atom stereocenters. The Hall–Kier alpha value is -1.44. The van der Waals surface area contributed by atoms with Crippen molar-refractivity contribution in [3.8, 4) is 0 Å². The van der Waals surface area contributed by atoms with Gasteiger partial charge in [0.1, 0.15) is 5.92 Å². The van der Waals surface area contributed by atoms with Crippen LogP contribution in [0.25, 0.3) is 0 Å². The lowest BCUT2D eigenvalue weighted by Gasteiger charge is -2.33. The molecule has 7 heteroatoms. The van der Waals surface area contributed by atoms with E-state index < -0.39 is 30.0 Å². The van der Waals surface area contributed by atoms with Gasteiger partial charge in [-0.05, 0) is 7.05 Å². The van der Waals surface area contributed by atoms with Crippen LogP contribution in [-0.2, 0) is 14.3 Å². The van der Waals surface area contributed by atoms with Crippen molar-refractivity contribution in [1.29, 1.82) is 0 Å². The van der Waals surface area contributed by atoms with Crippen molar-refractivity contribution < 1.29 is 19.4 Å². The molecule has 0 aromatic carbocycles. The minimum absolute atomic E-state index is 0.251. The van der Waals surface area contributed by atoms with Crippen LogP contribution in [0.1, 0.15) is 0 Å². The number of carboxylic acids is 1. The number of hydrazine groups is 1. The molecule has 110 valence electrons. The molecular formula is C13H19N3O4. The summed E-state index contributed by atoms with van der Waals surface area (Å²) in [6.45, 7) is 3.26. The highest BCUT2D eigenvalue weighted by Gasteiger charge is 2.53. The summed E-state index contributed by atoms with van der Waals surface area (Å²) in [6.07, 6.45) is 2.65. The fraction of sp³-hybridized carbons (Fsp3) is 0.692. The lowest BCUT2D eigenvalue weighted by molar-refractivity contribution is -0.148. The second-order valence-corrected chi connectivity index (χ2v) is 5.61. The average molecular weight is 281 g/mol. The quantitative estimate of drug-likeness (QED) is 0.640. The highest BCUT2D eigenvalue weighted by atomic mass is 16.5. The van der Waals surface area contributed by atoms with Crippen molar-refractivity contribution in [2.75, 3.05) is 33.2 Å². The molecule has 0 aromatic heterocycles. The highest BCUT2D eigenvalue weighted by Crippen LogP contribution is 2.39. The number of likely N-dealkylation sites (N-methyl/N-ethyl adjacent to an activating group) is 1. The molecule has 0 saturated carbocycles. The number of ether oxygens (including phenoxy) is 1. The van der Waals surface area contributed by atoms with Crippen LogP contribution in [-0.4, -0.2) is 72.3 Å². The highest BCUT2D eigenvalue weighted by molar-refractivity contribution is 5.87. The molecule has 0 radical (unpaired) electrons. The van der Waals surface area contributed by atoms with Crippen molar-refractivity contribution in [2.45, 2.75) is 12.2 Å². The summed E-state index contributed by atoms with van der Waals surface area (Å²) in [6, 6.07) is 0. The lowest BCUT2D eigenvalue weighted by atomic mass is 9.82. The van der Waals surface area contributed by atoms with Crippen LogP contribution in [0, 0.1) is 11.8 Å². The molecule has 3 rings (SSSR count). The van der Waals surface area contributed by atoms with Gasteiger partial charge >= 0.3 is 5.97 Å². The first-order valence-corrected chi connectivity index (χ1v) is 6.87. The van der Waals surface area contributed by atoms with E-state index in [-0.39, 0.29) is 5.91 Å². The minimum atomic E-state index is -0.972.